The minimum Gasteiger partial charge on any atom is -0.480 e. The monoisotopic (exact) mass is 325 g/mol. The fourth-order valence-electron chi connectivity index (χ4n) is 2.78. The van der Waals surface area contributed by atoms with Gasteiger partial charge in [-0.15, -0.1) is 0 Å². The standard InChI is InChI=1S/C19H19NO4/c21-12-19(9-10-19)16-7-5-14(6-8-16)13-1-3-15(4-2-13)18(24)20-11-17(22)23/h1-8,21H,9-12H2,(H,20,24)(H,22,23). The minimum absolute atomic E-state index is 0.0371. The Labute approximate surface area is 139 Å². The van der Waals surface area contributed by atoms with E-state index in [0.29, 0.717) is 5.56 Å². The first kappa shape index (κ1) is 16.2. The summed E-state index contributed by atoms with van der Waals surface area (Å²) in [6.45, 7) is -0.207. The van der Waals surface area contributed by atoms with E-state index in [-0.39, 0.29) is 12.0 Å². The van der Waals surface area contributed by atoms with Crippen LogP contribution in [0.15, 0.2) is 48.5 Å². The average Bonchev–Trinajstić information content (AvgIpc) is 3.41. The second-order valence-electron chi connectivity index (χ2n) is 6.17. The highest BCUT2D eigenvalue weighted by Gasteiger charge is 2.43. The van der Waals surface area contributed by atoms with Crippen LogP contribution >= 0.6 is 0 Å². The summed E-state index contributed by atoms with van der Waals surface area (Å²) in [5.74, 6) is -1.48. The van der Waals surface area contributed by atoms with Gasteiger partial charge in [-0.3, -0.25) is 9.59 Å². The van der Waals surface area contributed by atoms with E-state index >= 15 is 0 Å². The molecule has 1 saturated carbocycles. The maximum absolute atomic E-state index is 11.8. The zero-order valence-corrected chi connectivity index (χ0v) is 13.2. The Hall–Kier alpha value is -2.66. The third-order valence-electron chi connectivity index (χ3n) is 4.53. The van der Waals surface area contributed by atoms with Crippen molar-refractivity contribution < 1.29 is 19.8 Å². The first-order valence-electron chi connectivity index (χ1n) is 7.86. The first-order valence-corrected chi connectivity index (χ1v) is 7.86. The summed E-state index contributed by atoms with van der Waals surface area (Å²) in [7, 11) is 0. The number of hydrogen-bond donors (Lipinski definition) is 3. The molecule has 0 aromatic heterocycles. The Bertz CT molecular complexity index is 746. The van der Waals surface area contributed by atoms with Crippen LogP contribution in [0.25, 0.3) is 11.1 Å². The summed E-state index contributed by atoms with van der Waals surface area (Å²) >= 11 is 0. The third kappa shape index (κ3) is 3.31. The number of benzene rings is 2. The molecular formula is C19H19NO4. The number of carboxylic acid groups (broad SMARTS) is 1. The normalized spacial score (nSPS) is 14.9. The number of amides is 1. The van der Waals surface area contributed by atoms with E-state index in [9.17, 15) is 14.7 Å². The fourth-order valence-corrected chi connectivity index (χ4v) is 2.78. The number of aliphatic hydroxyl groups is 1. The Kier molecular flexibility index (Phi) is 4.36. The third-order valence-corrected chi connectivity index (χ3v) is 4.53. The number of rotatable bonds is 6. The maximum Gasteiger partial charge on any atom is 0.322 e. The number of aliphatic hydroxyl groups excluding tert-OH is 1. The first-order chi connectivity index (χ1) is 11.5. The molecule has 2 aromatic carbocycles. The molecule has 24 heavy (non-hydrogen) atoms. The molecule has 0 atom stereocenters. The van der Waals surface area contributed by atoms with Gasteiger partial charge in [-0.2, -0.15) is 0 Å². The van der Waals surface area contributed by atoms with Gasteiger partial charge in [-0.05, 0) is 41.7 Å². The molecule has 0 aliphatic heterocycles. The minimum atomic E-state index is -1.07. The van der Waals surface area contributed by atoms with E-state index in [1.165, 1.54) is 5.56 Å². The maximum atomic E-state index is 11.8. The van der Waals surface area contributed by atoms with E-state index in [1.807, 2.05) is 36.4 Å². The Balaban J connectivity index is 1.71. The molecule has 2 aromatic rings. The molecule has 3 rings (SSSR count). The van der Waals surface area contributed by atoms with Crippen molar-refractivity contribution in [3.8, 4) is 11.1 Å². The van der Waals surface area contributed by atoms with E-state index in [1.54, 1.807) is 12.1 Å². The van der Waals surface area contributed by atoms with Crippen LogP contribution < -0.4 is 5.32 Å². The van der Waals surface area contributed by atoms with Gasteiger partial charge in [0.2, 0.25) is 0 Å². The van der Waals surface area contributed by atoms with Crippen molar-refractivity contribution >= 4 is 11.9 Å². The van der Waals surface area contributed by atoms with E-state index < -0.39 is 18.4 Å². The average molecular weight is 325 g/mol. The summed E-state index contributed by atoms with van der Waals surface area (Å²) in [6.07, 6.45) is 2.06. The van der Waals surface area contributed by atoms with Gasteiger partial charge in [0.05, 0.1) is 6.61 Å². The van der Waals surface area contributed by atoms with Gasteiger partial charge in [0.1, 0.15) is 6.54 Å². The summed E-state index contributed by atoms with van der Waals surface area (Å²) in [4.78, 5) is 22.3. The van der Waals surface area contributed by atoms with Crippen molar-refractivity contribution in [1.82, 2.24) is 5.32 Å². The molecule has 1 aliphatic rings. The van der Waals surface area contributed by atoms with Gasteiger partial charge in [-0.25, -0.2) is 0 Å². The van der Waals surface area contributed by atoms with Crippen LogP contribution in [0.3, 0.4) is 0 Å². The summed E-state index contributed by atoms with van der Waals surface area (Å²) in [5.41, 5.74) is 3.56. The number of carboxylic acids is 1. The predicted octanol–water partition coefficient (Wildman–Crippen LogP) is 2.19. The highest BCUT2D eigenvalue weighted by atomic mass is 16.4. The van der Waals surface area contributed by atoms with Gasteiger partial charge >= 0.3 is 5.97 Å². The molecule has 0 radical (unpaired) electrons. The largest absolute Gasteiger partial charge is 0.480 e. The van der Waals surface area contributed by atoms with Gasteiger partial charge in [0, 0.05) is 11.0 Å². The molecule has 0 spiro atoms. The van der Waals surface area contributed by atoms with Crippen LogP contribution in [0, 0.1) is 0 Å². The summed E-state index contributed by atoms with van der Waals surface area (Å²) < 4.78 is 0. The lowest BCUT2D eigenvalue weighted by Crippen LogP contribution is -2.29. The molecule has 0 unspecified atom stereocenters. The lowest BCUT2D eigenvalue weighted by atomic mass is 9.94. The zero-order valence-electron chi connectivity index (χ0n) is 13.2. The van der Waals surface area contributed by atoms with E-state index in [4.69, 9.17) is 5.11 Å². The molecule has 124 valence electrons. The van der Waals surface area contributed by atoms with E-state index in [0.717, 1.165) is 24.0 Å². The van der Waals surface area contributed by atoms with Crippen LogP contribution in [0.1, 0.15) is 28.8 Å². The van der Waals surface area contributed by atoms with Crippen LogP contribution in [0.2, 0.25) is 0 Å². The van der Waals surface area contributed by atoms with Crippen LogP contribution in [0.4, 0.5) is 0 Å². The SMILES string of the molecule is O=C(O)CNC(=O)c1ccc(-c2ccc(C3(CO)CC3)cc2)cc1. The van der Waals surface area contributed by atoms with Crippen molar-refractivity contribution in [1.29, 1.82) is 0 Å². The molecule has 1 amide bonds. The highest BCUT2D eigenvalue weighted by Crippen LogP contribution is 2.47. The molecular weight excluding hydrogens is 306 g/mol. The number of aliphatic carboxylic acids is 1. The Morgan fingerprint density at radius 2 is 1.50 bits per heavy atom. The van der Waals surface area contributed by atoms with Gasteiger partial charge in [0.25, 0.3) is 5.91 Å². The lowest BCUT2D eigenvalue weighted by molar-refractivity contribution is -0.135. The predicted molar refractivity (Wildman–Crippen MR) is 89.8 cm³/mol. The molecule has 0 heterocycles. The topological polar surface area (TPSA) is 86.6 Å². The summed E-state index contributed by atoms with van der Waals surface area (Å²) in [5, 5.41) is 20.4. The highest BCUT2D eigenvalue weighted by molar-refractivity contribution is 5.96. The molecule has 1 fully saturated rings. The van der Waals surface area contributed by atoms with Crippen molar-refractivity contribution in [3.63, 3.8) is 0 Å². The Morgan fingerprint density at radius 3 is 1.96 bits per heavy atom. The Morgan fingerprint density at radius 1 is 0.958 bits per heavy atom. The molecule has 3 N–H and O–H groups in total. The number of carbonyl (C=O) groups is 2. The number of carbonyl (C=O) groups excluding carboxylic acids is 1. The fraction of sp³-hybridized carbons (Fsp3) is 0.263. The molecule has 0 saturated heterocycles. The zero-order chi connectivity index (χ0) is 17.2. The summed E-state index contributed by atoms with van der Waals surface area (Å²) in [6, 6.07) is 15.2. The van der Waals surface area contributed by atoms with Crippen molar-refractivity contribution in [2.45, 2.75) is 18.3 Å². The van der Waals surface area contributed by atoms with Crippen LogP contribution in [-0.4, -0.2) is 35.2 Å². The van der Waals surface area contributed by atoms with Crippen molar-refractivity contribution in [2.75, 3.05) is 13.2 Å². The smallest absolute Gasteiger partial charge is 0.322 e. The van der Waals surface area contributed by atoms with Gasteiger partial charge in [-0.1, -0.05) is 36.4 Å². The second-order valence-corrected chi connectivity index (χ2v) is 6.17. The van der Waals surface area contributed by atoms with Gasteiger partial charge in [0.15, 0.2) is 0 Å². The molecule has 1 aliphatic carbocycles. The second kappa shape index (κ2) is 6.45. The number of nitrogens with one attached hydrogen (secondary N) is 1. The van der Waals surface area contributed by atoms with E-state index in [2.05, 4.69) is 5.32 Å². The van der Waals surface area contributed by atoms with Crippen LogP contribution in [-0.2, 0) is 10.2 Å². The molecule has 5 nitrogen and oxygen atoms in total. The quantitative estimate of drug-likeness (QED) is 0.760. The van der Waals surface area contributed by atoms with Gasteiger partial charge < -0.3 is 15.5 Å². The molecule has 0 bridgehead atoms. The lowest BCUT2D eigenvalue weighted by Gasteiger charge is -2.12. The van der Waals surface area contributed by atoms with Crippen molar-refractivity contribution in [3.05, 3.63) is 59.7 Å². The molecule has 5 heteroatoms. The number of hydrogen-bond acceptors (Lipinski definition) is 3. The van der Waals surface area contributed by atoms with Crippen molar-refractivity contribution in [2.24, 2.45) is 0 Å². The van der Waals surface area contributed by atoms with Crippen LogP contribution in [0.5, 0.6) is 0 Å².